The second-order valence-corrected chi connectivity index (χ2v) is 7.92. The van der Waals surface area contributed by atoms with Gasteiger partial charge in [0.05, 0.1) is 10.0 Å². The van der Waals surface area contributed by atoms with Crippen LogP contribution in [-0.4, -0.2) is 25.5 Å². The van der Waals surface area contributed by atoms with Gasteiger partial charge in [-0.15, -0.1) is 0 Å². The Kier molecular flexibility index (Phi) is 3.71. The Bertz CT molecular complexity index is 695. The molecule has 1 aliphatic carbocycles. The van der Waals surface area contributed by atoms with E-state index in [1.165, 1.54) is 11.1 Å². The number of nitrogens with zero attached hydrogens (tertiary/aromatic N) is 1. The monoisotopic (exact) mass is 350 g/mol. The normalized spacial score (nSPS) is 29.6. The van der Waals surface area contributed by atoms with Crippen molar-refractivity contribution in [3.63, 3.8) is 0 Å². The van der Waals surface area contributed by atoms with Gasteiger partial charge in [-0.1, -0.05) is 35.4 Å². The van der Waals surface area contributed by atoms with Gasteiger partial charge in [-0.2, -0.15) is 0 Å². The van der Waals surface area contributed by atoms with Crippen LogP contribution in [-0.2, 0) is 10.2 Å². The van der Waals surface area contributed by atoms with Gasteiger partial charge in [0.25, 0.3) is 0 Å². The van der Waals surface area contributed by atoms with Crippen molar-refractivity contribution in [1.29, 1.82) is 0 Å². The molecule has 23 heavy (non-hydrogen) atoms. The number of fused-ring (bicyclic) bond motifs is 2. The maximum Gasteiger partial charge on any atom is 0.230 e. The van der Waals surface area contributed by atoms with Crippen LogP contribution in [0.15, 0.2) is 24.3 Å². The molecule has 1 aromatic rings. The lowest BCUT2D eigenvalue weighted by Gasteiger charge is -2.25. The number of carbonyl (C=O) groups excluding carboxylic acids is 1. The van der Waals surface area contributed by atoms with Gasteiger partial charge in [-0.3, -0.25) is 4.79 Å². The van der Waals surface area contributed by atoms with Crippen molar-refractivity contribution >= 4 is 34.8 Å². The highest BCUT2D eigenvalue weighted by Gasteiger charge is 2.48. The van der Waals surface area contributed by atoms with E-state index < -0.39 is 0 Å². The fraction of sp³-hybridized carbons (Fsp3) is 0.500. The maximum absolute atomic E-state index is 13.1. The summed E-state index contributed by atoms with van der Waals surface area (Å²) in [5.74, 6) is 0.279. The Morgan fingerprint density at radius 1 is 1.35 bits per heavy atom. The number of hydrogen-bond acceptors (Lipinski definition) is 2. The minimum absolute atomic E-state index is 0.0190. The van der Waals surface area contributed by atoms with E-state index in [9.17, 15) is 4.79 Å². The van der Waals surface area contributed by atoms with Crippen molar-refractivity contribution in [3.05, 3.63) is 39.9 Å². The Labute approximate surface area is 146 Å². The molecule has 1 saturated heterocycles. The van der Waals surface area contributed by atoms with Gasteiger partial charge < -0.3 is 10.2 Å². The molecule has 2 aliphatic heterocycles. The van der Waals surface area contributed by atoms with Gasteiger partial charge in [-0.05, 0) is 49.9 Å². The molecule has 1 spiro atoms. The molecule has 1 N–H and O–H groups in total. The number of rotatable bonds is 1. The third kappa shape index (κ3) is 2.41. The summed E-state index contributed by atoms with van der Waals surface area (Å²) in [5.41, 5.74) is 3.29. The number of halogens is 2. The number of nitrogens with one attached hydrogen (secondary N) is 1. The first kappa shape index (κ1) is 15.5. The first-order valence-corrected chi connectivity index (χ1v) is 8.94. The zero-order valence-corrected chi connectivity index (χ0v) is 14.5. The molecule has 1 aromatic carbocycles. The molecule has 3 nitrogen and oxygen atoms in total. The predicted molar refractivity (Wildman–Crippen MR) is 94.5 cm³/mol. The fourth-order valence-corrected chi connectivity index (χ4v) is 4.65. The summed E-state index contributed by atoms with van der Waals surface area (Å²) in [4.78, 5) is 15.0. The molecule has 0 aromatic heterocycles. The summed E-state index contributed by atoms with van der Waals surface area (Å²) >= 11 is 12.5. The van der Waals surface area contributed by atoms with Crippen molar-refractivity contribution in [2.45, 2.75) is 31.1 Å². The summed E-state index contributed by atoms with van der Waals surface area (Å²) in [5, 5.41) is 4.52. The van der Waals surface area contributed by atoms with Crippen LogP contribution in [0.3, 0.4) is 0 Å². The molecule has 3 aliphatic rings. The van der Waals surface area contributed by atoms with E-state index in [4.69, 9.17) is 23.2 Å². The smallest absolute Gasteiger partial charge is 0.230 e. The Morgan fingerprint density at radius 3 is 2.78 bits per heavy atom. The second kappa shape index (κ2) is 5.51. The van der Waals surface area contributed by atoms with Crippen LogP contribution in [0.25, 0.3) is 0 Å². The van der Waals surface area contributed by atoms with Gasteiger partial charge in [0.15, 0.2) is 0 Å². The fourth-order valence-electron chi connectivity index (χ4n) is 4.32. The minimum Gasteiger partial charge on any atom is -0.316 e. The van der Waals surface area contributed by atoms with Crippen LogP contribution in [0, 0.1) is 5.92 Å². The topological polar surface area (TPSA) is 32.3 Å². The van der Waals surface area contributed by atoms with Gasteiger partial charge >= 0.3 is 0 Å². The minimum atomic E-state index is -0.0190. The summed E-state index contributed by atoms with van der Waals surface area (Å²) in [6, 6.07) is 3.83. The molecule has 1 amide bonds. The molecular weight excluding hydrogens is 331 g/mol. The van der Waals surface area contributed by atoms with E-state index >= 15 is 0 Å². The van der Waals surface area contributed by atoms with Crippen LogP contribution in [0.2, 0.25) is 10.0 Å². The van der Waals surface area contributed by atoms with Crippen LogP contribution < -0.4 is 10.2 Å². The van der Waals surface area contributed by atoms with Gasteiger partial charge in [0.1, 0.15) is 0 Å². The zero-order chi connectivity index (χ0) is 16.2. The first-order valence-electron chi connectivity index (χ1n) is 8.18. The summed E-state index contributed by atoms with van der Waals surface area (Å²) in [6.07, 6.45) is 3.72. The van der Waals surface area contributed by atoms with Crippen LogP contribution in [0.5, 0.6) is 0 Å². The molecule has 2 fully saturated rings. The summed E-state index contributed by atoms with van der Waals surface area (Å²) in [7, 11) is 0. The van der Waals surface area contributed by atoms with Gasteiger partial charge in [-0.25, -0.2) is 0 Å². The molecule has 1 unspecified atom stereocenters. The molecule has 122 valence electrons. The zero-order valence-electron chi connectivity index (χ0n) is 13.0. The van der Waals surface area contributed by atoms with E-state index in [2.05, 4.69) is 11.9 Å². The third-order valence-corrected chi connectivity index (χ3v) is 6.32. The molecule has 1 saturated carbocycles. The Balaban J connectivity index is 1.74. The second-order valence-electron chi connectivity index (χ2n) is 7.10. The average molecular weight is 351 g/mol. The molecule has 0 bridgehead atoms. The summed E-state index contributed by atoms with van der Waals surface area (Å²) < 4.78 is 0. The van der Waals surface area contributed by atoms with Crippen LogP contribution in [0.1, 0.15) is 31.2 Å². The highest BCUT2D eigenvalue weighted by Crippen LogP contribution is 2.48. The molecule has 2 heterocycles. The van der Waals surface area contributed by atoms with E-state index in [0.29, 0.717) is 10.0 Å². The molecule has 4 rings (SSSR count). The van der Waals surface area contributed by atoms with Crippen molar-refractivity contribution in [2.24, 2.45) is 5.92 Å². The highest BCUT2D eigenvalue weighted by atomic mass is 35.5. The van der Waals surface area contributed by atoms with Crippen molar-refractivity contribution in [2.75, 3.05) is 24.5 Å². The largest absolute Gasteiger partial charge is 0.316 e. The number of anilines is 1. The van der Waals surface area contributed by atoms with E-state index in [1.807, 2.05) is 17.0 Å². The number of carbonyl (C=O) groups is 1. The lowest BCUT2D eigenvalue weighted by molar-refractivity contribution is -0.122. The number of hydrogen-bond donors (Lipinski definition) is 1. The lowest BCUT2D eigenvalue weighted by Crippen LogP contribution is -2.40. The highest BCUT2D eigenvalue weighted by molar-refractivity contribution is 6.42. The van der Waals surface area contributed by atoms with Crippen molar-refractivity contribution in [3.8, 4) is 0 Å². The van der Waals surface area contributed by atoms with Crippen LogP contribution in [0.4, 0.5) is 5.69 Å². The maximum atomic E-state index is 13.1. The quantitative estimate of drug-likeness (QED) is 0.778. The van der Waals surface area contributed by atoms with Crippen molar-refractivity contribution < 1.29 is 4.79 Å². The van der Waals surface area contributed by atoms with Gasteiger partial charge in [0.2, 0.25) is 5.91 Å². The van der Waals surface area contributed by atoms with E-state index in [0.717, 1.165) is 51.0 Å². The Hall–Kier alpha value is -1.03. The first-order chi connectivity index (χ1) is 11.0. The number of amides is 1. The standard InChI is InChI=1S/C18H20Cl2N2O/c1-11-2-3-12(6-11)17(23)22-10-18(4-5-21-9-18)13-7-14(19)15(20)8-16(13)22/h7-8,12,21H,1-6,9-10H2/t12?,18-/m0/s1. The number of allylic oxidation sites excluding steroid dienone is 1. The number of benzene rings is 1. The van der Waals surface area contributed by atoms with E-state index in [-0.39, 0.29) is 17.2 Å². The van der Waals surface area contributed by atoms with E-state index in [1.54, 1.807) is 0 Å². The van der Waals surface area contributed by atoms with Gasteiger partial charge in [0, 0.05) is 30.1 Å². The van der Waals surface area contributed by atoms with Crippen LogP contribution >= 0.6 is 23.2 Å². The molecule has 5 heteroatoms. The van der Waals surface area contributed by atoms with Crippen molar-refractivity contribution in [1.82, 2.24) is 5.32 Å². The lowest BCUT2D eigenvalue weighted by atomic mass is 9.82. The molecular formula is C18H20Cl2N2O. The molecule has 2 atom stereocenters. The Morgan fingerprint density at radius 2 is 2.13 bits per heavy atom. The summed E-state index contributed by atoms with van der Waals surface area (Å²) in [6.45, 7) is 6.63. The predicted octanol–water partition coefficient (Wildman–Crippen LogP) is 3.93. The third-order valence-electron chi connectivity index (χ3n) is 5.60. The SMILES string of the molecule is C=C1CCC(C(=O)N2C[C@@]3(CCNC3)c3cc(Cl)c(Cl)cc32)C1. The average Bonchev–Trinajstić information content (AvgIpc) is 3.22. The molecule has 0 radical (unpaired) electrons.